The van der Waals surface area contributed by atoms with Crippen LogP contribution in [0.25, 0.3) is 0 Å². The van der Waals surface area contributed by atoms with E-state index in [1.54, 1.807) is 0 Å². The Labute approximate surface area is 201 Å². The summed E-state index contributed by atoms with van der Waals surface area (Å²) in [5, 5.41) is 0.731. The average Bonchev–Trinajstić information content (AvgIpc) is 3.27. The lowest BCUT2D eigenvalue weighted by molar-refractivity contribution is -0.139. The van der Waals surface area contributed by atoms with Gasteiger partial charge in [-0.15, -0.1) is 0 Å². The molecule has 1 atom stereocenters. The molecule has 2 saturated heterocycles. The monoisotopic (exact) mass is 474 g/mol. The summed E-state index contributed by atoms with van der Waals surface area (Å²) in [5.41, 5.74) is 0.745. The largest absolute Gasteiger partial charge is 0.493 e. The number of benzene rings is 1. The zero-order valence-electron chi connectivity index (χ0n) is 19.8. The van der Waals surface area contributed by atoms with Gasteiger partial charge in [0.2, 0.25) is 5.91 Å². The van der Waals surface area contributed by atoms with Crippen molar-refractivity contribution in [1.29, 1.82) is 0 Å². The number of halogens is 1. The molecule has 1 unspecified atom stereocenters. The first-order chi connectivity index (χ1) is 16.0. The molecule has 0 saturated carbocycles. The summed E-state index contributed by atoms with van der Waals surface area (Å²) in [5.74, 6) is 2.07. The number of carbonyl (C=O) groups excluding carboxylic acids is 1. The molecule has 3 heterocycles. The van der Waals surface area contributed by atoms with Gasteiger partial charge in [0.05, 0.1) is 26.4 Å². The number of hydrogen-bond acceptors (Lipinski definition) is 5. The van der Waals surface area contributed by atoms with Crippen molar-refractivity contribution in [3.05, 3.63) is 47.0 Å². The summed E-state index contributed by atoms with van der Waals surface area (Å²) < 4.78 is 13.9. The van der Waals surface area contributed by atoms with Crippen LogP contribution in [0.4, 0.5) is 0 Å². The van der Waals surface area contributed by atoms with Crippen molar-refractivity contribution >= 4 is 17.5 Å². The van der Waals surface area contributed by atoms with Crippen LogP contribution in [-0.4, -0.2) is 71.3 Å². The van der Waals surface area contributed by atoms with Crippen LogP contribution in [0.2, 0.25) is 5.02 Å². The first kappa shape index (κ1) is 24.0. The fraction of sp³-hybridized carbons (Fsp3) is 0.600. The van der Waals surface area contributed by atoms with Crippen molar-refractivity contribution in [2.45, 2.75) is 46.2 Å². The second-order valence-electron chi connectivity index (χ2n) is 9.31. The second-order valence-corrected chi connectivity index (χ2v) is 9.72. The van der Waals surface area contributed by atoms with Crippen molar-refractivity contribution < 1.29 is 14.3 Å². The van der Waals surface area contributed by atoms with Gasteiger partial charge in [0, 0.05) is 55.4 Å². The average molecular weight is 475 g/mol. The van der Waals surface area contributed by atoms with Crippen LogP contribution in [0.15, 0.2) is 30.6 Å². The number of aromatic nitrogens is 2. The number of amides is 1. The number of ether oxygens (including phenoxy) is 2. The molecule has 4 rings (SSSR count). The molecule has 180 valence electrons. The molecule has 1 amide bonds. The van der Waals surface area contributed by atoms with Crippen molar-refractivity contribution in [3.63, 3.8) is 0 Å². The van der Waals surface area contributed by atoms with Crippen molar-refractivity contribution in [1.82, 2.24) is 19.4 Å². The Kier molecular flexibility index (Phi) is 7.94. The van der Waals surface area contributed by atoms with E-state index in [4.69, 9.17) is 21.1 Å². The summed E-state index contributed by atoms with van der Waals surface area (Å²) in [6.45, 7) is 10.7. The molecule has 7 nitrogen and oxygen atoms in total. The van der Waals surface area contributed by atoms with E-state index in [0.29, 0.717) is 39.3 Å². The number of rotatable bonds is 8. The van der Waals surface area contributed by atoms with Crippen LogP contribution in [0.3, 0.4) is 0 Å². The summed E-state index contributed by atoms with van der Waals surface area (Å²) in [6.07, 6.45) is 6.38. The van der Waals surface area contributed by atoms with E-state index in [9.17, 15) is 4.79 Å². The molecule has 8 heteroatoms. The van der Waals surface area contributed by atoms with E-state index in [1.165, 1.54) is 0 Å². The first-order valence-electron chi connectivity index (χ1n) is 11.9. The number of hydrogen-bond donors (Lipinski definition) is 0. The van der Waals surface area contributed by atoms with Crippen molar-refractivity contribution in [2.75, 3.05) is 46.0 Å². The maximum absolute atomic E-state index is 13.3. The SMILES string of the molecule is CCn1ccnc1CN1CCCC(COc2ccc(Cl)c(C)c2)(CC(=O)N2CCOCC2)C1. The molecule has 0 N–H and O–H groups in total. The molecule has 1 aromatic carbocycles. The van der Waals surface area contributed by atoms with Crippen LogP contribution in [-0.2, 0) is 22.6 Å². The van der Waals surface area contributed by atoms with Crippen molar-refractivity contribution in [3.8, 4) is 5.75 Å². The third-order valence-electron chi connectivity index (χ3n) is 6.81. The Morgan fingerprint density at radius 3 is 2.85 bits per heavy atom. The van der Waals surface area contributed by atoms with Crippen LogP contribution in [0.1, 0.15) is 37.6 Å². The van der Waals surface area contributed by atoms with Crippen LogP contribution >= 0.6 is 11.6 Å². The Balaban J connectivity index is 1.50. The highest BCUT2D eigenvalue weighted by Gasteiger charge is 2.40. The molecule has 0 radical (unpaired) electrons. The topological polar surface area (TPSA) is 59.8 Å². The number of morpholine rings is 1. The summed E-state index contributed by atoms with van der Waals surface area (Å²) in [7, 11) is 0. The Hall–Kier alpha value is -2.09. The van der Waals surface area contributed by atoms with Gasteiger partial charge in [0.1, 0.15) is 11.6 Å². The quantitative estimate of drug-likeness (QED) is 0.582. The lowest BCUT2D eigenvalue weighted by Gasteiger charge is -2.43. The van der Waals surface area contributed by atoms with Crippen LogP contribution in [0.5, 0.6) is 5.75 Å². The predicted molar refractivity (Wildman–Crippen MR) is 129 cm³/mol. The molecule has 2 fully saturated rings. The molecule has 2 aliphatic heterocycles. The third kappa shape index (κ3) is 6.08. The minimum Gasteiger partial charge on any atom is -0.493 e. The molecular formula is C25H35ClN4O3. The first-order valence-corrected chi connectivity index (χ1v) is 12.3. The molecule has 33 heavy (non-hydrogen) atoms. The zero-order valence-corrected chi connectivity index (χ0v) is 20.5. The van der Waals surface area contributed by atoms with E-state index in [1.807, 2.05) is 42.4 Å². The van der Waals surface area contributed by atoms with Gasteiger partial charge in [-0.2, -0.15) is 0 Å². The van der Waals surface area contributed by atoms with Gasteiger partial charge in [-0.1, -0.05) is 11.6 Å². The lowest BCUT2D eigenvalue weighted by Crippen LogP contribution is -2.50. The maximum Gasteiger partial charge on any atom is 0.223 e. The fourth-order valence-corrected chi connectivity index (χ4v) is 5.04. The fourth-order valence-electron chi connectivity index (χ4n) is 4.93. The smallest absolute Gasteiger partial charge is 0.223 e. The predicted octanol–water partition coefficient (Wildman–Crippen LogP) is 3.77. The molecule has 0 spiro atoms. The normalized spacial score (nSPS) is 21.8. The van der Waals surface area contributed by atoms with E-state index in [0.717, 1.165) is 61.2 Å². The summed E-state index contributed by atoms with van der Waals surface area (Å²) in [4.78, 5) is 22.2. The molecule has 1 aromatic heterocycles. The minimum absolute atomic E-state index is 0.200. The Morgan fingerprint density at radius 2 is 2.09 bits per heavy atom. The summed E-state index contributed by atoms with van der Waals surface area (Å²) >= 11 is 6.19. The number of imidazole rings is 1. The van der Waals surface area contributed by atoms with Gasteiger partial charge in [-0.05, 0) is 57.0 Å². The van der Waals surface area contributed by atoms with Gasteiger partial charge >= 0.3 is 0 Å². The number of likely N-dealkylation sites (tertiary alicyclic amines) is 1. The van der Waals surface area contributed by atoms with Gasteiger partial charge in [-0.3, -0.25) is 9.69 Å². The van der Waals surface area contributed by atoms with E-state index < -0.39 is 0 Å². The van der Waals surface area contributed by atoms with E-state index >= 15 is 0 Å². The molecule has 2 aromatic rings. The molecular weight excluding hydrogens is 440 g/mol. The van der Waals surface area contributed by atoms with Crippen molar-refractivity contribution in [2.24, 2.45) is 5.41 Å². The number of piperidine rings is 1. The number of nitrogens with zero attached hydrogens (tertiary/aromatic N) is 4. The van der Waals surface area contributed by atoms with Gasteiger partial charge < -0.3 is 18.9 Å². The van der Waals surface area contributed by atoms with Gasteiger partial charge in [0.25, 0.3) is 0 Å². The molecule has 0 aliphatic carbocycles. The minimum atomic E-state index is -0.245. The number of aryl methyl sites for hydroxylation is 2. The second kappa shape index (κ2) is 10.9. The van der Waals surface area contributed by atoms with Gasteiger partial charge in [0.15, 0.2) is 0 Å². The zero-order chi connectivity index (χ0) is 23.3. The Morgan fingerprint density at radius 1 is 1.27 bits per heavy atom. The van der Waals surface area contributed by atoms with E-state index in [-0.39, 0.29) is 11.3 Å². The third-order valence-corrected chi connectivity index (χ3v) is 7.24. The van der Waals surface area contributed by atoms with E-state index in [2.05, 4.69) is 21.4 Å². The highest BCUT2D eigenvalue weighted by atomic mass is 35.5. The molecule has 2 aliphatic rings. The number of carbonyl (C=O) groups is 1. The Bertz CT molecular complexity index is 943. The summed E-state index contributed by atoms with van der Waals surface area (Å²) in [6, 6.07) is 5.75. The van der Waals surface area contributed by atoms with Crippen LogP contribution in [0, 0.1) is 12.3 Å². The highest BCUT2D eigenvalue weighted by molar-refractivity contribution is 6.31. The van der Waals surface area contributed by atoms with Crippen LogP contribution < -0.4 is 4.74 Å². The molecule has 0 bridgehead atoms. The standard InChI is InChI=1S/C25H35ClN4O3/c1-3-29-10-8-27-23(29)17-28-9-4-7-25(18-28,16-24(31)30-11-13-32-14-12-30)19-33-21-5-6-22(26)20(2)15-21/h5-6,8,10,15H,3-4,7,9,11-14,16-19H2,1-2H3. The van der Waals surface area contributed by atoms with Gasteiger partial charge in [-0.25, -0.2) is 4.98 Å². The highest BCUT2D eigenvalue weighted by Crippen LogP contribution is 2.36. The lowest BCUT2D eigenvalue weighted by atomic mass is 9.77. The maximum atomic E-state index is 13.3.